The molecule has 0 spiro atoms. The number of para-hydroxylation sites is 2. The lowest BCUT2D eigenvalue weighted by Gasteiger charge is -2.29. The smallest absolute Gasteiger partial charge is 0.410 e. The number of nitro benzene ring substituents is 2. The Morgan fingerprint density at radius 1 is 0.692 bits per heavy atom. The maximum Gasteiger partial charge on any atom is 0.410 e. The van der Waals surface area contributed by atoms with Crippen molar-refractivity contribution < 1.29 is 24.2 Å². The molecule has 7 rings (SSSR count). The zero-order valence-corrected chi connectivity index (χ0v) is 28.2. The van der Waals surface area contributed by atoms with Gasteiger partial charge in [-0.1, -0.05) is 60.7 Å². The van der Waals surface area contributed by atoms with E-state index in [-0.39, 0.29) is 36.9 Å². The second-order valence-corrected chi connectivity index (χ2v) is 12.5. The monoisotopic (exact) mass is 695 g/mol. The lowest BCUT2D eigenvalue weighted by molar-refractivity contribution is -0.385. The largest absolute Gasteiger partial charge is 0.450 e. The maximum absolute atomic E-state index is 14.3. The van der Waals surface area contributed by atoms with E-state index < -0.39 is 15.9 Å². The predicted molar refractivity (Wildman–Crippen MR) is 198 cm³/mol. The SMILES string of the molecule is CCOC(=O)N1C/C(=C\c2cn(Cc3ccc([N+](=O)[O-])cc3)c3ccccc23)C(=O)/C(=C/c2cn(Cc3ccc([N+](=O)[O-])cc3)c3ccccc23)C1. The Labute approximate surface area is 297 Å². The molecule has 1 aliphatic rings. The molecule has 2 aromatic heterocycles. The highest BCUT2D eigenvalue weighted by molar-refractivity contribution is 6.16. The van der Waals surface area contributed by atoms with Crippen molar-refractivity contribution in [3.8, 4) is 0 Å². The number of piperidine rings is 1. The van der Waals surface area contributed by atoms with E-state index in [1.165, 1.54) is 29.2 Å². The molecule has 1 saturated heterocycles. The third-order valence-electron chi connectivity index (χ3n) is 9.13. The number of hydrogen-bond acceptors (Lipinski definition) is 7. The molecule has 0 radical (unpaired) electrons. The number of carbonyl (C=O) groups excluding carboxylic acids is 2. The van der Waals surface area contributed by atoms with Gasteiger partial charge >= 0.3 is 6.09 Å². The standard InChI is InChI=1S/C40H33N5O7/c1-2-52-40(47)43-25-31(19-29-23-41(37-9-5-3-7-35(29)37)21-27-11-15-33(16-12-27)44(48)49)39(46)32(26-43)20-30-24-42(38-10-6-4-8-36(30)38)22-28-13-17-34(18-14-28)45(50)51/h3-20,23-24H,2,21-22,25-26H2,1H3/b31-19+,32-20+. The van der Waals surface area contributed by atoms with E-state index in [9.17, 15) is 29.8 Å². The van der Waals surface area contributed by atoms with E-state index in [2.05, 4.69) is 0 Å². The molecular formula is C40H33N5O7. The van der Waals surface area contributed by atoms with Crippen molar-refractivity contribution >= 4 is 57.2 Å². The fourth-order valence-electron chi connectivity index (χ4n) is 6.64. The van der Waals surface area contributed by atoms with Crippen molar-refractivity contribution in [3.63, 3.8) is 0 Å². The number of hydrogen-bond donors (Lipinski definition) is 0. The van der Waals surface area contributed by atoms with Crippen LogP contribution in [0.3, 0.4) is 0 Å². The number of carbonyl (C=O) groups is 2. The summed E-state index contributed by atoms with van der Waals surface area (Å²) in [6, 6.07) is 28.5. The van der Waals surface area contributed by atoms with Gasteiger partial charge in [-0.3, -0.25) is 29.9 Å². The normalized spacial score (nSPS) is 14.8. The molecule has 1 amide bonds. The first kappa shape index (κ1) is 33.7. The van der Waals surface area contributed by atoms with Gasteiger partial charge < -0.3 is 13.9 Å². The van der Waals surface area contributed by atoms with Crippen LogP contribution in [0.5, 0.6) is 0 Å². The lowest BCUT2D eigenvalue weighted by Crippen LogP contribution is -2.41. The maximum atomic E-state index is 14.3. The van der Waals surface area contributed by atoms with E-state index in [0.29, 0.717) is 24.2 Å². The molecule has 1 fully saturated rings. The van der Waals surface area contributed by atoms with Crippen LogP contribution in [0.15, 0.2) is 121 Å². The van der Waals surface area contributed by atoms with Gasteiger partial charge in [0.15, 0.2) is 5.78 Å². The summed E-state index contributed by atoms with van der Waals surface area (Å²) in [6.07, 6.45) is 7.03. The first-order valence-corrected chi connectivity index (χ1v) is 16.7. The summed E-state index contributed by atoms with van der Waals surface area (Å²) >= 11 is 0. The molecule has 4 aromatic carbocycles. The zero-order chi connectivity index (χ0) is 36.4. The average Bonchev–Trinajstić information content (AvgIpc) is 3.67. The first-order valence-electron chi connectivity index (χ1n) is 16.7. The van der Waals surface area contributed by atoms with Gasteiger partial charge in [0.25, 0.3) is 11.4 Å². The first-order chi connectivity index (χ1) is 25.2. The highest BCUT2D eigenvalue weighted by atomic mass is 16.6. The van der Waals surface area contributed by atoms with Crippen LogP contribution in [0, 0.1) is 20.2 Å². The van der Waals surface area contributed by atoms with Crippen molar-refractivity contribution in [2.45, 2.75) is 20.0 Å². The van der Waals surface area contributed by atoms with E-state index in [4.69, 9.17) is 4.74 Å². The number of nitrogens with zero attached hydrogens (tertiary/aromatic N) is 5. The summed E-state index contributed by atoms with van der Waals surface area (Å²) in [7, 11) is 0. The van der Waals surface area contributed by atoms with Gasteiger partial charge in [-0.2, -0.15) is 0 Å². The molecular weight excluding hydrogens is 662 g/mol. The van der Waals surface area contributed by atoms with Gasteiger partial charge in [-0.15, -0.1) is 0 Å². The summed E-state index contributed by atoms with van der Waals surface area (Å²) < 4.78 is 9.45. The van der Waals surface area contributed by atoms with Crippen molar-refractivity contribution in [3.05, 3.63) is 163 Å². The van der Waals surface area contributed by atoms with Crippen LogP contribution >= 0.6 is 0 Å². The fraction of sp³-hybridized carbons (Fsp3) is 0.150. The Hall–Kier alpha value is -6.82. The Bertz CT molecular complexity index is 2260. The minimum absolute atomic E-state index is 0.0198. The number of fused-ring (bicyclic) bond motifs is 2. The van der Waals surface area contributed by atoms with Crippen molar-refractivity contribution in [2.75, 3.05) is 19.7 Å². The van der Waals surface area contributed by atoms with Crippen LogP contribution in [0.1, 0.15) is 29.2 Å². The van der Waals surface area contributed by atoms with E-state index in [1.54, 1.807) is 31.2 Å². The van der Waals surface area contributed by atoms with Crippen molar-refractivity contribution in [1.82, 2.24) is 14.0 Å². The molecule has 3 heterocycles. The molecule has 260 valence electrons. The molecule has 0 N–H and O–H groups in total. The molecule has 12 nitrogen and oxygen atoms in total. The third-order valence-corrected chi connectivity index (χ3v) is 9.13. The molecule has 0 saturated carbocycles. The number of amides is 1. The molecule has 0 aliphatic carbocycles. The van der Waals surface area contributed by atoms with Crippen LogP contribution in [0.2, 0.25) is 0 Å². The number of rotatable bonds is 9. The Morgan fingerprint density at radius 3 is 1.52 bits per heavy atom. The minimum atomic E-state index is -0.520. The molecule has 12 heteroatoms. The number of Topliss-reactive ketones (excluding diaryl/α,β-unsaturated/α-hetero) is 1. The van der Waals surface area contributed by atoms with E-state index >= 15 is 0 Å². The number of non-ortho nitro benzene ring substituents is 2. The number of ketones is 1. The fourth-order valence-corrected chi connectivity index (χ4v) is 6.64. The van der Waals surface area contributed by atoms with Gasteiger partial charge in [-0.25, -0.2) is 4.79 Å². The van der Waals surface area contributed by atoms with Crippen LogP contribution < -0.4 is 0 Å². The summed E-state index contributed by atoms with van der Waals surface area (Å²) in [5.74, 6) is -0.181. The highest BCUT2D eigenvalue weighted by Crippen LogP contribution is 2.30. The third kappa shape index (κ3) is 6.81. The zero-order valence-electron chi connectivity index (χ0n) is 28.2. The van der Waals surface area contributed by atoms with Gasteiger partial charge in [0.1, 0.15) is 0 Å². The van der Waals surface area contributed by atoms with Gasteiger partial charge in [-0.05, 0) is 42.3 Å². The summed E-state index contributed by atoms with van der Waals surface area (Å²) in [6.45, 7) is 2.98. The van der Waals surface area contributed by atoms with Gasteiger partial charge in [0, 0.05) is 93.8 Å². The number of benzene rings is 4. The summed E-state index contributed by atoms with van der Waals surface area (Å²) in [5.41, 5.74) is 6.10. The molecule has 6 aromatic rings. The lowest BCUT2D eigenvalue weighted by atomic mass is 9.94. The molecule has 1 aliphatic heterocycles. The quantitative estimate of drug-likeness (QED) is 0.0847. The molecule has 52 heavy (non-hydrogen) atoms. The Kier molecular flexibility index (Phi) is 9.19. The highest BCUT2D eigenvalue weighted by Gasteiger charge is 2.30. The molecule has 0 atom stereocenters. The van der Waals surface area contributed by atoms with Crippen molar-refractivity contribution in [2.24, 2.45) is 0 Å². The van der Waals surface area contributed by atoms with Crippen LogP contribution in [0.4, 0.5) is 16.2 Å². The molecule has 0 unspecified atom stereocenters. The Balaban J connectivity index is 1.26. The second-order valence-electron chi connectivity index (χ2n) is 12.5. The predicted octanol–water partition coefficient (Wildman–Crippen LogP) is 8.02. The minimum Gasteiger partial charge on any atom is -0.450 e. The van der Waals surface area contributed by atoms with Crippen molar-refractivity contribution in [1.29, 1.82) is 0 Å². The van der Waals surface area contributed by atoms with Gasteiger partial charge in [0.05, 0.1) is 29.5 Å². The summed E-state index contributed by atoms with van der Waals surface area (Å²) in [4.78, 5) is 50.4. The number of likely N-dealkylation sites (tertiary alicyclic amines) is 1. The molecule has 0 bridgehead atoms. The van der Waals surface area contributed by atoms with E-state index in [0.717, 1.165) is 44.1 Å². The second kappa shape index (κ2) is 14.2. The average molecular weight is 696 g/mol. The number of nitro groups is 2. The summed E-state index contributed by atoms with van der Waals surface area (Å²) in [5, 5.41) is 24.1. The Morgan fingerprint density at radius 2 is 1.12 bits per heavy atom. The van der Waals surface area contributed by atoms with Gasteiger partial charge in [0.2, 0.25) is 0 Å². The van der Waals surface area contributed by atoms with E-state index in [1.807, 2.05) is 82.2 Å². The topological polar surface area (TPSA) is 143 Å². The van der Waals surface area contributed by atoms with Crippen LogP contribution in [0.25, 0.3) is 34.0 Å². The number of aromatic nitrogens is 2. The van der Waals surface area contributed by atoms with Crippen LogP contribution in [-0.4, -0.2) is 55.5 Å². The number of ether oxygens (including phenoxy) is 1. The van der Waals surface area contributed by atoms with Crippen LogP contribution in [-0.2, 0) is 22.6 Å².